The van der Waals surface area contributed by atoms with Crippen molar-refractivity contribution in [2.75, 3.05) is 6.54 Å². The van der Waals surface area contributed by atoms with Gasteiger partial charge in [0.1, 0.15) is 11.5 Å². The number of halogens is 2. The lowest BCUT2D eigenvalue weighted by Gasteiger charge is -2.15. The first-order valence-corrected chi connectivity index (χ1v) is 7.13. The molecular weight excluding hydrogens is 313 g/mol. The summed E-state index contributed by atoms with van der Waals surface area (Å²) in [5, 5.41) is 13.5. The molecule has 1 amide bonds. The Morgan fingerprint density at radius 1 is 1.33 bits per heavy atom. The number of amides is 1. The van der Waals surface area contributed by atoms with Gasteiger partial charge in [-0.15, -0.1) is 0 Å². The third-order valence-electron chi connectivity index (χ3n) is 3.07. The average molecular weight is 328 g/mol. The molecule has 2 N–H and O–H groups in total. The Morgan fingerprint density at radius 2 is 1.95 bits per heavy atom. The molecule has 0 aliphatic heterocycles. The predicted molar refractivity (Wildman–Crippen MR) is 81.9 cm³/mol. The van der Waals surface area contributed by atoms with Crippen molar-refractivity contribution in [2.45, 2.75) is 20.0 Å². The summed E-state index contributed by atoms with van der Waals surface area (Å²) in [6.07, 6.45) is -0.983. The van der Waals surface area contributed by atoms with Gasteiger partial charge in [0, 0.05) is 22.2 Å². The number of rotatable bonds is 4. The molecule has 112 valence electrons. The molecule has 2 rings (SSSR count). The maximum atomic E-state index is 12.0. The van der Waals surface area contributed by atoms with Gasteiger partial charge in [0.25, 0.3) is 5.91 Å². The van der Waals surface area contributed by atoms with Crippen LogP contribution in [0.3, 0.4) is 0 Å². The Hall–Kier alpha value is -1.49. The SMILES string of the molecule is Cc1cc(C(=O)NCC(O)c2c(Cl)cccc2Cl)c(C)o1. The molecule has 1 aromatic heterocycles. The third kappa shape index (κ3) is 3.59. The molecule has 0 radical (unpaired) electrons. The van der Waals surface area contributed by atoms with Crippen molar-refractivity contribution in [3.63, 3.8) is 0 Å². The van der Waals surface area contributed by atoms with Crippen LogP contribution in [0.1, 0.15) is 33.5 Å². The summed E-state index contributed by atoms with van der Waals surface area (Å²) in [5.41, 5.74) is 0.853. The van der Waals surface area contributed by atoms with Gasteiger partial charge in [-0.05, 0) is 32.0 Å². The van der Waals surface area contributed by atoms with Crippen LogP contribution >= 0.6 is 23.2 Å². The third-order valence-corrected chi connectivity index (χ3v) is 3.73. The van der Waals surface area contributed by atoms with Gasteiger partial charge < -0.3 is 14.8 Å². The minimum Gasteiger partial charge on any atom is -0.466 e. The zero-order valence-corrected chi connectivity index (χ0v) is 13.1. The molecule has 0 fully saturated rings. The number of aliphatic hydroxyl groups excluding tert-OH is 1. The molecule has 2 aromatic rings. The Labute approximate surface area is 132 Å². The summed E-state index contributed by atoms with van der Waals surface area (Å²) in [7, 11) is 0. The topological polar surface area (TPSA) is 62.5 Å². The molecule has 0 saturated heterocycles. The van der Waals surface area contributed by atoms with Crippen LogP contribution in [-0.4, -0.2) is 17.6 Å². The van der Waals surface area contributed by atoms with Crippen molar-refractivity contribution in [2.24, 2.45) is 0 Å². The molecule has 0 aliphatic carbocycles. The van der Waals surface area contributed by atoms with Crippen LogP contribution in [0.5, 0.6) is 0 Å². The molecule has 0 aliphatic rings. The van der Waals surface area contributed by atoms with Gasteiger partial charge in [-0.3, -0.25) is 4.79 Å². The van der Waals surface area contributed by atoms with Crippen LogP contribution < -0.4 is 5.32 Å². The molecule has 6 heteroatoms. The van der Waals surface area contributed by atoms with Gasteiger partial charge >= 0.3 is 0 Å². The number of hydrogen-bond donors (Lipinski definition) is 2. The largest absolute Gasteiger partial charge is 0.466 e. The summed E-state index contributed by atoms with van der Waals surface area (Å²) in [4.78, 5) is 12.0. The Morgan fingerprint density at radius 3 is 2.48 bits per heavy atom. The monoisotopic (exact) mass is 327 g/mol. The highest BCUT2D eigenvalue weighted by Gasteiger charge is 2.18. The molecule has 4 nitrogen and oxygen atoms in total. The smallest absolute Gasteiger partial charge is 0.254 e. The second-order valence-electron chi connectivity index (χ2n) is 4.69. The van der Waals surface area contributed by atoms with Crippen LogP contribution in [0.4, 0.5) is 0 Å². The van der Waals surface area contributed by atoms with Crippen LogP contribution in [0.2, 0.25) is 10.0 Å². The molecule has 1 atom stereocenters. The van der Waals surface area contributed by atoms with Crippen LogP contribution in [-0.2, 0) is 0 Å². The lowest BCUT2D eigenvalue weighted by Crippen LogP contribution is -2.28. The highest BCUT2D eigenvalue weighted by molar-refractivity contribution is 6.36. The van der Waals surface area contributed by atoms with Crippen molar-refractivity contribution < 1.29 is 14.3 Å². The fourth-order valence-electron chi connectivity index (χ4n) is 2.07. The highest BCUT2D eigenvalue weighted by Crippen LogP contribution is 2.29. The number of aliphatic hydroxyl groups is 1. The molecule has 1 aromatic carbocycles. The second kappa shape index (κ2) is 6.52. The minimum absolute atomic E-state index is 0.00591. The highest BCUT2D eigenvalue weighted by atomic mass is 35.5. The summed E-state index contributed by atoms with van der Waals surface area (Å²) in [6, 6.07) is 6.62. The van der Waals surface area contributed by atoms with E-state index in [0.29, 0.717) is 32.7 Å². The normalized spacial score (nSPS) is 12.2. The number of hydrogen-bond acceptors (Lipinski definition) is 3. The first-order chi connectivity index (χ1) is 9.90. The number of carbonyl (C=O) groups excluding carboxylic acids is 1. The number of carbonyl (C=O) groups is 1. The van der Waals surface area contributed by atoms with E-state index >= 15 is 0 Å². The van der Waals surface area contributed by atoms with E-state index in [-0.39, 0.29) is 12.5 Å². The summed E-state index contributed by atoms with van der Waals surface area (Å²) < 4.78 is 5.30. The first-order valence-electron chi connectivity index (χ1n) is 6.37. The second-order valence-corrected chi connectivity index (χ2v) is 5.50. The lowest BCUT2D eigenvalue weighted by atomic mass is 10.1. The van der Waals surface area contributed by atoms with Crippen molar-refractivity contribution in [1.29, 1.82) is 0 Å². The summed E-state index contributed by atoms with van der Waals surface area (Å²) >= 11 is 12.0. The van der Waals surface area contributed by atoms with Gasteiger partial charge in [0.15, 0.2) is 0 Å². The van der Waals surface area contributed by atoms with E-state index in [1.54, 1.807) is 38.1 Å². The summed E-state index contributed by atoms with van der Waals surface area (Å²) in [5.74, 6) is 0.884. The predicted octanol–water partition coefficient (Wildman–Crippen LogP) is 3.67. The fourth-order valence-corrected chi connectivity index (χ4v) is 2.72. The average Bonchev–Trinajstić information content (AvgIpc) is 2.75. The molecule has 21 heavy (non-hydrogen) atoms. The van der Waals surface area contributed by atoms with Crippen molar-refractivity contribution in [3.05, 3.63) is 57.0 Å². The van der Waals surface area contributed by atoms with Gasteiger partial charge in [0.05, 0.1) is 11.7 Å². The number of furan rings is 1. The maximum absolute atomic E-state index is 12.0. The molecule has 0 bridgehead atoms. The molecule has 1 unspecified atom stereocenters. The Kier molecular flexibility index (Phi) is 4.93. The fraction of sp³-hybridized carbons (Fsp3) is 0.267. The quantitative estimate of drug-likeness (QED) is 0.900. The van der Waals surface area contributed by atoms with Crippen LogP contribution in [0.15, 0.2) is 28.7 Å². The number of benzene rings is 1. The van der Waals surface area contributed by atoms with Crippen molar-refractivity contribution in [1.82, 2.24) is 5.32 Å². The number of nitrogens with one attached hydrogen (secondary N) is 1. The first kappa shape index (κ1) is 15.9. The molecule has 1 heterocycles. The van der Waals surface area contributed by atoms with Crippen LogP contribution in [0, 0.1) is 13.8 Å². The van der Waals surface area contributed by atoms with E-state index in [1.807, 2.05) is 0 Å². The van der Waals surface area contributed by atoms with Gasteiger partial charge in [-0.2, -0.15) is 0 Å². The standard InChI is InChI=1S/C15H15Cl2NO3/c1-8-6-10(9(2)21-8)15(20)18-7-13(19)14-11(16)4-3-5-12(14)17/h3-6,13,19H,7H2,1-2H3,(H,18,20). The Bertz CT molecular complexity index is 647. The van der Waals surface area contributed by atoms with E-state index in [4.69, 9.17) is 27.6 Å². The minimum atomic E-state index is -0.983. The zero-order chi connectivity index (χ0) is 15.6. The van der Waals surface area contributed by atoms with Crippen LogP contribution in [0.25, 0.3) is 0 Å². The molecule has 0 spiro atoms. The van der Waals surface area contributed by atoms with E-state index in [0.717, 1.165) is 0 Å². The zero-order valence-electron chi connectivity index (χ0n) is 11.6. The maximum Gasteiger partial charge on any atom is 0.254 e. The van der Waals surface area contributed by atoms with Crippen molar-refractivity contribution >= 4 is 29.1 Å². The van der Waals surface area contributed by atoms with E-state index in [1.165, 1.54) is 0 Å². The summed E-state index contributed by atoms with van der Waals surface area (Å²) in [6.45, 7) is 3.48. The van der Waals surface area contributed by atoms with E-state index in [9.17, 15) is 9.90 Å². The molecule has 0 saturated carbocycles. The van der Waals surface area contributed by atoms with Gasteiger partial charge in [0.2, 0.25) is 0 Å². The number of aryl methyl sites for hydroxylation is 2. The lowest BCUT2D eigenvalue weighted by molar-refractivity contribution is 0.0915. The van der Waals surface area contributed by atoms with Crippen molar-refractivity contribution in [3.8, 4) is 0 Å². The van der Waals surface area contributed by atoms with E-state index < -0.39 is 6.10 Å². The van der Waals surface area contributed by atoms with Gasteiger partial charge in [-0.1, -0.05) is 29.3 Å². The Balaban J connectivity index is 2.06. The van der Waals surface area contributed by atoms with Gasteiger partial charge in [-0.25, -0.2) is 0 Å². The molecular formula is C15H15Cl2NO3. The van der Waals surface area contributed by atoms with E-state index in [2.05, 4.69) is 5.32 Å².